The zero-order valence-electron chi connectivity index (χ0n) is 7.60. The number of nitrogens with one attached hydrogen (secondary N) is 2. The van der Waals surface area contributed by atoms with E-state index in [9.17, 15) is 4.79 Å². The van der Waals surface area contributed by atoms with Crippen LogP contribution < -0.4 is 10.8 Å². The van der Waals surface area contributed by atoms with Gasteiger partial charge in [0.2, 0.25) is 0 Å². The molecule has 0 aromatic heterocycles. The van der Waals surface area contributed by atoms with Gasteiger partial charge in [-0.15, -0.1) is 6.42 Å². The molecule has 0 aliphatic carbocycles. The zero-order chi connectivity index (χ0) is 9.61. The number of terminal acetylenes is 1. The zero-order valence-corrected chi connectivity index (χ0v) is 7.60. The molecule has 0 atom stereocenters. The molecule has 0 aromatic rings. The average Bonchev–Trinajstić information content (AvgIpc) is 1.95. The van der Waals surface area contributed by atoms with Gasteiger partial charge in [0.15, 0.2) is 0 Å². The molecule has 0 saturated carbocycles. The second-order valence-corrected chi connectivity index (χ2v) is 3.20. The predicted octanol–water partition coefficient (Wildman–Crippen LogP) is 0.649. The van der Waals surface area contributed by atoms with Crippen molar-refractivity contribution in [3.8, 4) is 12.3 Å². The molecule has 0 spiro atoms. The molecule has 12 heavy (non-hydrogen) atoms. The van der Waals surface area contributed by atoms with Crippen molar-refractivity contribution >= 4 is 6.03 Å². The van der Waals surface area contributed by atoms with Crippen molar-refractivity contribution in [3.05, 3.63) is 0 Å². The number of hydrogen-bond acceptors (Lipinski definition) is 2. The van der Waals surface area contributed by atoms with Crippen molar-refractivity contribution in [2.45, 2.75) is 26.4 Å². The van der Waals surface area contributed by atoms with Gasteiger partial charge in [-0.25, -0.2) is 10.3 Å². The molecule has 0 unspecified atom stereocenters. The highest BCUT2D eigenvalue weighted by atomic mass is 16.7. The summed E-state index contributed by atoms with van der Waals surface area (Å²) in [5.41, 5.74) is 1.82. The van der Waals surface area contributed by atoms with E-state index in [1.54, 1.807) is 0 Å². The van der Waals surface area contributed by atoms with E-state index in [0.717, 1.165) is 0 Å². The van der Waals surface area contributed by atoms with Crippen LogP contribution in [0.4, 0.5) is 4.79 Å². The van der Waals surface area contributed by atoms with Gasteiger partial charge < -0.3 is 5.32 Å². The Balaban J connectivity index is 3.53. The molecule has 2 amide bonds. The fourth-order valence-electron chi connectivity index (χ4n) is 0.367. The van der Waals surface area contributed by atoms with Crippen LogP contribution in [0.2, 0.25) is 0 Å². The Morgan fingerprint density at radius 2 is 2.17 bits per heavy atom. The molecule has 0 aliphatic rings. The standard InChI is InChI=1S/C8H14N2O2/c1-5-6-9-7(11)10-12-8(2,3)4/h1H,6H2,2-4H3,(H2,9,10,11). The summed E-state index contributed by atoms with van der Waals surface area (Å²) in [6.45, 7) is 5.68. The normalized spacial score (nSPS) is 10.2. The minimum absolute atomic E-state index is 0.194. The molecule has 68 valence electrons. The van der Waals surface area contributed by atoms with E-state index in [4.69, 9.17) is 11.3 Å². The SMILES string of the molecule is C#CCNC(=O)NOC(C)(C)C. The largest absolute Gasteiger partial charge is 0.339 e. The Hall–Kier alpha value is -1.21. The molecular weight excluding hydrogens is 156 g/mol. The molecule has 0 aromatic carbocycles. The third-order valence-electron chi connectivity index (χ3n) is 0.801. The molecule has 0 saturated heterocycles. The Morgan fingerprint density at radius 1 is 1.58 bits per heavy atom. The van der Waals surface area contributed by atoms with Crippen LogP contribution in [0.25, 0.3) is 0 Å². The topological polar surface area (TPSA) is 50.4 Å². The highest BCUT2D eigenvalue weighted by Gasteiger charge is 2.11. The highest BCUT2D eigenvalue weighted by Crippen LogP contribution is 2.02. The first-order valence-electron chi connectivity index (χ1n) is 3.61. The average molecular weight is 170 g/mol. The van der Waals surface area contributed by atoms with Gasteiger partial charge in [0.05, 0.1) is 12.1 Å². The third-order valence-corrected chi connectivity index (χ3v) is 0.801. The summed E-state index contributed by atoms with van der Waals surface area (Å²) < 4.78 is 0. The van der Waals surface area contributed by atoms with Crippen molar-refractivity contribution in [2.24, 2.45) is 0 Å². The van der Waals surface area contributed by atoms with Gasteiger partial charge in [0, 0.05) is 0 Å². The first-order chi connectivity index (χ1) is 5.45. The van der Waals surface area contributed by atoms with Crippen molar-refractivity contribution in [1.82, 2.24) is 10.8 Å². The van der Waals surface area contributed by atoms with Gasteiger partial charge in [-0.1, -0.05) is 5.92 Å². The van der Waals surface area contributed by atoms with E-state index in [-0.39, 0.29) is 6.54 Å². The van der Waals surface area contributed by atoms with Crippen LogP contribution in [-0.2, 0) is 4.84 Å². The van der Waals surface area contributed by atoms with Crippen LogP contribution in [-0.4, -0.2) is 18.2 Å². The Bertz CT molecular complexity index is 188. The maximum absolute atomic E-state index is 10.8. The Morgan fingerprint density at radius 3 is 2.58 bits per heavy atom. The molecule has 0 rings (SSSR count). The lowest BCUT2D eigenvalue weighted by Crippen LogP contribution is -2.40. The summed E-state index contributed by atoms with van der Waals surface area (Å²) >= 11 is 0. The van der Waals surface area contributed by atoms with Gasteiger partial charge in [0.25, 0.3) is 0 Å². The van der Waals surface area contributed by atoms with Crippen LogP contribution in [0.15, 0.2) is 0 Å². The third kappa shape index (κ3) is 6.90. The molecule has 0 heterocycles. The summed E-state index contributed by atoms with van der Waals surface area (Å²) in [6.07, 6.45) is 4.93. The monoisotopic (exact) mass is 170 g/mol. The second kappa shape index (κ2) is 4.62. The first kappa shape index (κ1) is 10.8. The van der Waals surface area contributed by atoms with E-state index >= 15 is 0 Å². The lowest BCUT2D eigenvalue weighted by atomic mass is 10.2. The molecule has 0 bridgehead atoms. The van der Waals surface area contributed by atoms with Gasteiger partial charge in [-0.3, -0.25) is 4.84 Å². The molecule has 4 heteroatoms. The molecule has 0 fully saturated rings. The quantitative estimate of drug-likeness (QED) is 0.472. The predicted molar refractivity (Wildman–Crippen MR) is 46.2 cm³/mol. The lowest BCUT2D eigenvalue weighted by molar-refractivity contribution is -0.0526. The number of amides is 2. The Labute approximate surface area is 72.6 Å². The van der Waals surface area contributed by atoms with E-state index in [0.29, 0.717) is 0 Å². The summed E-state index contributed by atoms with van der Waals surface area (Å²) in [5, 5.41) is 2.39. The number of urea groups is 1. The molecule has 0 aliphatic heterocycles. The maximum atomic E-state index is 10.8. The van der Waals surface area contributed by atoms with Crippen molar-refractivity contribution in [2.75, 3.05) is 6.54 Å². The van der Waals surface area contributed by atoms with Crippen molar-refractivity contribution < 1.29 is 9.63 Å². The summed E-state index contributed by atoms with van der Waals surface area (Å²) in [7, 11) is 0. The van der Waals surface area contributed by atoms with Gasteiger partial charge >= 0.3 is 6.03 Å². The summed E-state index contributed by atoms with van der Waals surface area (Å²) in [6, 6.07) is -0.428. The number of hydrogen-bond donors (Lipinski definition) is 2. The van der Waals surface area contributed by atoms with Crippen LogP contribution in [0.3, 0.4) is 0 Å². The fourth-order valence-corrected chi connectivity index (χ4v) is 0.367. The van der Waals surface area contributed by atoms with Crippen LogP contribution in [0, 0.1) is 12.3 Å². The van der Waals surface area contributed by atoms with Crippen molar-refractivity contribution in [1.29, 1.82) is 0 Å². The fraction of sp³-hybridized carbons (Fsp3) is 0.625. The summed E-state index contributed by atoms with van der Waals surface area (Å²) in [4.78, 5) is 15.8. The lowest BCUT2D eigenvalue weighted by Gasteiger charge is -2.18. The van der Waals surface area contributed by atoms with Crippen molar-refractivity contribution in [3.63, 3.8) is 0 Å². The molecule has 0 radical (unpaired) electrons. The minimum atomic E-state index is -0.428. The first-order valence-corrected chi connectivity index (χ1v) is 3.61. The second-order valence-electron chi connectivity index (χ2n) is 3.20. The van der Waals surface area contributed by atoms with Crippen LogP contribution in [0.1, 0.15) is 20.8 Å². The molecular formula is C8H14N2O2. The number of carbonyl (C=O) groups excluding carboxylic acids is 1. The van der Waals surface area contributed by atoms with E-state index in [2.05, 4.69) is 16.7 Å². The summed E-state index contributed by atoms with van der Waals surface area (Å²) in [5.74, 6) is 2.27. The van der Waals surface area contributed by atoms with Crippen LogP contribution in [0.5, 0.6) is 0 Å². The van der Waals surface area contributed by atoms with E-state index < -0.39 is 11.6 Å². The smallest absolute Gasteiger partial charge is 0.325 e. The van der Waals surface area contributed by atoms with E-state index in [1.807, 2.05) is 20.8 Å². The maximum Gasteiger partial charge on any atom is 0.339 e. The minimum Gasteiger partial charge on any atom is -0.325 e. The van der Waals surface area contributed by atoms with Gasteiger partial charge in [-0.2, -0.15) is 0 Å². The van der Waals surface area contributed by atoms with Gasteiger partial charge in [-0.05, 0) is 20.8 Å². The molecule has 2 N–H and O–H groups in total. The number of hydroxylamine groups is 1. The number of carbonyl (C=O) groups is 1. The molecule has 4 nitrogen and oxygen atoms in total. The van der Waals surface area contributed by atoms with Crippen LogP contribution >= 0.6 is 0 Å². The number of rotatable bonds is 2. The van der Waals surface area contributed by atoms with Gasteiger partial charge in [0.1, 0.15) is 0 Å². The van der Waals surface area contributed by atoms with E-state index in [1.165, 1.54) is 0 Å². The highest BCUT2D eigenvalue weighted by molar-refractivity contribution is 5.72. The Kier molecular flexibility index (Phi) is 4.16.